The summed E-state index contributed by atoms with van der Waals surface area (Å²) in [7, 11) is 0. The van der Waals surface area contributed by atoms with Crippen LogP contribution in [0.4, 0.5) is 11.4 Å². The third-order valence-corrected chi connectivity index (χ3v) is 2.40. The molecule has 0 spiro atoms. The second-order valence-corrected chi connectivity index (χ2v) is 3.67. The number of hydrogen-bond acceptors (Lipinski definition) is 3. The second-order valence-electron chi connectivity index (χ2n) is 3.67. The minimum absolute atomic E-state index is 1.02. The summed E-state index contributed by atoms with van der Waals surface area (Å²) < 4.78 is 0. The minimum atomic E-state index is 1.02. The van der Waals surface area contributed by atoms with Crippen LogP contribution in [0, 0.1) is 0 Å². The number of hydrogen-bond donors (Lipinski definition) is 3. The Morgan fingerprint density at radius 1 is 0.706 bits per heavy atom. The first-order chi connectivity index (χ1) is 8.47. The van der Waals surface area contributed by atoms with Gasteiger partial charge in [-0.1, -0.05) is 24.3 Å². The van der Waals surface area contributed by atoms with E-state index in [0.717, 1.165) is 13.1 Å². The van der Waals surface area contributed by atoms with E-state index in [0.29, 0.717) is 0 Å². The van der Waals surface area contributed by atoms with Gasteiger partial charge in [-0.25, -0.2) is 0 Å². The average Bonchev–Trinajstić information content (AvgIpc) is 2.72. The van der Waals surface area contributed by atoms with Crippen LogP contribution < -0.4 is 16.0 Å². The molecule has 3 heteroatoms. The van der Waals surface area contributed by atoms with E-state index in [1.807, 2.05) is 48.8 Å². The van der Waals surface area contributed by atoms with Crippen molar-refractivity contribution in [1.29, 1.82) is 0 Å². The van der Waals surface area contributed by atoms with Crippen LogP contribution in [-0.2, 0) is 0 Å². The highest BCUT2D eigenvalue weighted by Gasteiger charge is 2.03. The van der Waals surface area contributed by atoms with Crippen molar-refractivity contribution < 1.29 is 0 Å². The fraction of sp³-hybridized carbons (Fsp3) is 0.143. The van der Waals surface area contributed by atoms with E-state index in [2.05, 4.69) is 28.1 Å². The van der Waals surface area contributed by atoms with Gasteiger partial charge in [0.1, 0.15) is 0 Å². The predicted octanol–water partition coefficient (Wildman–Crippen LogP) is 2.70. The number of benzene rings is 1. The molecule has 0 radical (unpaired) electrons. The summed E-state index contributed by atoms with van der Waals surface area (Å²) in [6.45, 7) is 2.05. The summed E-state index contributed by atoms with van der Waals surface area (Å²) in [6.07, 6.45) is 11.6. The zero-order chi connectivity index (χ0) is 11.8. The topological polar surface area (TPSA) is 36.1 Å². The van der Waals surface area contributed by atoms with Crippen molar-refractivity contribution in [1.82, 2.24) is 5.32 Å². The molecule has 2 aliphatic heterocycles. The molecule has 88 valence electrons. The van der Waals surface area contributed by atoms with Gasteiger partial charge in [-0.3, -0.25) is 0 Å². The molecule has 0 atom stereocenters. The smallest absolute Gasteiger partial charge is 0.0576 e. The van der Waals surface area contributed by atoms with E-state index in [-0.39, 0.29) is 0 Å². The molecule has 2 heterocycles. The Kier molecular flexibility index (Phi) is 4.28. The normalized spacial score (nSPS) is 15.3. The first-order valence-corrected chi connectivity index (χ1v) is 5.78. The van der Waals surface area contributed by atoms with Crippen molar-refractivity contribution >= 4 is 11.4 Å². The van der Waals surface area contributed by atoms with Crippen molar-refractivity contribution in [3.8, 4) is 0 Å². The highest BCUT2D eigenvalue weighted by molar-refractivity contribution is 5.70. The lowest BCUT2D eigenvalue weighted by molar-refractivity contribution is 1.05. The first-order valence-electron chi connectivity index (χ1n) is 5.78. The van der Waals surface area contributed by atoms with Crippen LogP contribution in [-0.4, -0.2) is 13.1 Å². The van der Waals surface area contributed by atoms with Gasteiger partial charge in [0.05, 0.1) is 11.4 Å². The molecule has 2 aliphatic rings. The number of rotatable bonds is 0. The Morgan fingerprint density at radius 3 is 1.76 bits per heavy atom. The molecular weight excluding hydrogens is 210 g/mol. The maximum Gasteiger partial charge on any atom is 0.0576 e. The molecular formula is C14H17N3. The molecule has 0 saturated heterocycles. The number of para-hydroxylation sites is 2. The van der Waals surface area contributed by atoms with Gasteiger partial charge >= 0.3 is 0 Å². The molecule has 0 fully saturated rings. The van der Waals surface area contributed by atoms with Crippen LogP contribution in [0.3, 0.4) is 0 Å². The van der Waals surface area contributed by atoms with Crippen LogP contribution in [0.1, 0.15) is 0 Å². The first kappa shape index (κ1) is 11.3. The van der Waals surface area contributed by atoms with Crippen molar-refractivity contribution in [2.45, 2.75) is 0 Å². The quantitative estimate of drug-likeness (QED) is 0.637. The Labute approximate surface area is 102 Å². The van der Waals surface area contributed by atoms with Crippen molar-refractivity contribution in [2.24, 2.45) is 0 Å². The summed E-state index contributed by atoms with van der Waals surface area (Å²) in [6, 6.07) is 8.25. The van der Waals surface area contributed by atoms with Gasteiger partial charge in [0.2, 0.25) is 0 Å². The molecule has 1 aromatic rings. The van der Waals surface area contributed by atoms with E-state index in [9.17, 15) is 0 Å². The zero-order valence-corrected chi connectivity index (χ0v) is 9.69. The van der Waals surface area contributed by atoms with Gasteiger partial charge < -0.3 is 16.0 Å². The highest BCUT2D eigenvalue weighted by Crippen LogP contribution is 2.22. The zero-order valence-electron chi connectivity index (χ0n) is 9.69. The highest BCUT2D eigenvalue weighted by atomic mass is 15.0. The summed E-state index contributed by atoms with van der Waals surface area (Å²) in [5.41, 5.74) is 2.43. The largest absolute Gasteiger partial charge is 0.382 e. The molecule has 1 aromatic carbocycles. The molecule has 17 heavy (non-hydrogen) atoms. The number of nitrogens with one attached hydrogen (secondary N) is 3. The fourth-order valence-corrected chi connectivity index (χ4v) is 1.59. The lowest BCUT2D eigenvalue weighted by atomic mass is 10.2. The molecule has 0 amide bonds. The predicted molar refractivity (Wildman–Crippen MR) is 74.0 cm³/mol. The minimum Gasteiger partial charge on any atom is -0.382 e. The van der Waals surface area contributed by atoms with Crippen LogP contribution in [0.25, 0.3) is 0 Å². The van der Waals surface area contributed by atoms with Gasteiger partial charge in [0.25, 0.3) is 0 Å². The van der Waals surface area contributed by atoms with E-state index < -0.39 is 0 Å². The maximum absolute atomic E-state index is 3.30. The van der Waals surface area contributed by atoms with Crippen LogP contribution in [0.2, 0.25) is 0 Å². The van der Waals surface area contributed by atoms with Gasteiger partial charge in [-0.15, -0.1) is 0 Å². The lowest BCUT2D eigenvalue weighted by Gasteiger charge is -2.18. The van der Waals surface area contributed by atoms with Crippen LogP contribution in [0.15, 0.2) is 61.0 Å². The van der Waals surface area contributed by atoms with Crippen LogP contribution in [0.5, 0.6) is 0 Å². The van der Waals surface area contributed by atoms with Gasteiger partial charge in [-0.05, 0) is 24.3 Å². The second kappa shape index (κ2) is 6.43. The Morgan fingerprint density at radius 2 is 1.24 bits per heavy atom. The summed E-state index contributed by atoms with van der Waals surface area (Å²) in [4.78, 5) is 0. The third-order valence-electron chi connectivity index (χ3n) is 2.40. The van der Waals surface area contributed by atoms with Gasteiger partial charge in [0, 0.05) is 25.5 Å². The summed E-state index contributed by atoms with van der Waals surface area (Å²) in [5, 5.41) is 9.52. The average molecular weight is 227 g/mol. The van der Waals surface area contributed by atoms with Crippen LogP contribution >= 0.6 is 0 Å². The molecule has 0 aromatic heterocycles. The maximum atomic E-state index is 3.30. The number of anilines is 2. The SMILES string of the molecule is C1=CC=CNC=C1.c1ccc2c(c1)NCCN2. The number of allylic oxidation sites excluding steroid dienone is 4. The molecule has 0 unspecified atom stereocenters. The van der Waals surface area contributed by atoms with Crippen molar-refractivity contribution in [3.63, 3.8) is 0 Å². The molecule has 3 N–H and O–H groups in total. The molecule has 0 aliphatic carbocycles. The summed E-state index contributed by atoms with van der Waals surface area (Å²) in [5.74, 6) is 0. The number of fused-ring (bicyclic) bond motifs is 1. The fourth-order valence-electron chi connectivity index (χ4n) is 1.59. The van der Waals surface area contributed by atoms with Crippen molar-refractivity contribution in [3.05, 3.63) is 61.0 Å². The Hall–Kier alpha value is -2.16. The molecule has 3 nitrogen and oxygen atoms in total. The lowest BCUT2D eigenvalue weighted by Crippen LogP contribution is -2.19. The molecule has 0 bridgehead atoms. The van der Waals surface area contributed by atoms with E-state index in [1.165, 1.54) is 11.4 Å². The molecule has 3 rings (SSSR count). The third kappa shape index (κ3) is 3.72. The van der Waals surface area contributed by atoms with E-state index in [1.54, 1.807) is 0 Å². The van der Waals surface area contributed by atoms with E-state index >= 15 is 0 Å². The summed E-state index contributed by atoms with van der Waals surface area (Å²) >= 11 is 0. The standard InChI is InChI=1S/C8H10N2.C6H7N/c1-2-4-8-7(3-1)9-5-6-10-8;1-2-4-6-7-5-3-1/h1-4,9-10H,5-6H2;1-7H. The Bertz CT molecular complexity index is 394. The Balaban J connectivity index is 0.000000136. The van der Waals surface area contributed by atoms with Gasteiger partial charge in [0.15, 0.2) is 0 Å². The van der Waals surface area contributed by atoms with E-state index in [4.69, 9.17) is 0 Å². The molecule has 0 saturated carbocycles. The van der Waals surface area contributed by atoms with Gasteiger partial charge in [-0.2, -0.15) is 0 Å². The van der Waals surface area contributed by atoms with Crippen molar-refractivity contribution in [2.75, 3.05) is 23.7 Å². The monoisotopic (exact) mass is 227 g/mol.